The van der Waals surface area contributed by atoms with Crippen molar-refractivity contribution in [2.75, 3.05) is 7.11 Å². The Morgan fingerprint density at radius 2 is 0.850 bits per heavy atom. The van der Waals surface area contributed by atoms with Crippen LogP contribution in [0.15, 0.2) is 91.0 Å². The quantitative estimate of drug-likeness (QED) is 0.628. The second-order valence-electron chi connectivity index (χ2n) is 4.25. The fourth-order valence-electron chi connectivity index (χ4n) is 1.82. The largest absolute Gasteiger partial charge is 0.497 e. The molecule has 1 nitrogen and oxygen atoms in total. The molecule has 0 unspecified atom stereocenters. The van der Waals surface area contributed by atoms with E-state index in [1.165, 1.54) is 11.1 Å². The highest BCUT2D eigenvalue weighted by molar-refractivity contribution is 5.62. The number of methoxy groups -OCH3 is 1. The summed E-state index contributed by atoms with van der Waals surface area (Å²) in [7, 11) is 1.66. The molecule has 0 aromatic heterocycles. The van der Waals surface area contributed by atoms with Gasteiger partial charge in [0, 0.05) is 0 Å². The maximum absolute atomic E-state index is 4.91. The molecule has 0 atom stereocenters. The van der Waals surface area contributed by atoms with Crippen LogP contribution < -0.4 is 4.74 Å². The predicted octanol–water partition coefficient (Wildman–Crippen LogP) is 5.05. The van der Waals surface area contributed by atoms with Gasteiger partial charge in [-0.2, -0.15) is 0 Å². The summed E-state index contributed by atoms with van der Waals surface area (Å²) in [6.45, 7) is 0. The maximum atomic E-state index is 4.91. The second-order valence-corrected chi connectivity index (χ2v) is 4.25. The van der Waals surface area contributed by atoms with E-state index in [0.29, 0.717) is 0 Å². The zero-order valence-corrected chi connectivity index (χ0v) is 11.6. The Kier molecular flexibility index (Phi) is 5.41. The summed E-state index contributed by atoms with van der Waals surface area (Å²) >= 11 is 0. The molecule has 0 N–H and O–H groups in total. The number of hydrogen-bond donors (Lipinski definition) is 0. The van der Waals surface area contributed by atoms with E-state index in [-0.39, 0.29) is 0 Å². The minimum Gasteiger partial charge on any atom is -0.497 e. The highest BCUT2D eigenvalue weighted by atomic mass is 16.5. The molecule has 0 radical (unpaired) electrons. The van der Waals surface area contributed by atoms with E-state index in [1.807, 2.05) is 42.5 Å². The SMILES string of the molecule is COc1ccccc1.c1ccc(-c2ccccc2)cc1. The van der Waals surface area contributed by atoms with Crippen LogP contribution in [0.5, 0.6) is 5.75 Å². The molecule has 1 heteroatoms. The molecule has 0 aliphatic heterocycles. The average Bonchev–Trinajstić information content (AvgIpc) is 2.58. The van der Waals surface area contributed by atoms with Crippen LogP contribution in [-0.4, -0.2) is 7.11 Å². The molecule has 3 aromatic carbocycles. The van der Waals surface area contributed by atoms with Gasteiger partial charge in [0.1, 0.15) is 5.75 Å². The Hall–Kier alpha value is -2.54. The van der Waals surface area contributed by atoms with Gasteiger partial charge in [-0.05, 0) is 23.3 Å². The number of para-hydroxylation sites is 1. The average molecular weight is 262 g/mol. The lowest BCUT2D eigenvalue weighted by molar-refractivity contribution is 0.415. The molecule has 0 fully saturated rings. The third-order valence-electron chi connectivity index (χ3n) is 2.86. The predicted molar refractivity (Wildman–Crippen MR) is 84.9 cm³/mol. The summed E-state index contributed by atoms with van der Waals surface area (Å²) in [4.78, 5) is 0. The van der Waals surface area contributed by atoms with Crippen molar-refractivity contribution < 1.29 is 4.74 Å². The molecule has 0 aliphatic carbocycles. The Labute approximate surface area is 120 Å². The first-order valence-corrected chi connectivity index (χ1v) is 6.59. The summed E-state index contributed by atoms with van der Waals surface area (Å²) in [6.07, 6.45) is 0. The van der Waals surface area contributed by atoms with Gasteiger partial charge < -0.3 is 4.74 Å². The van der Waals surface area contributed by atoms with Gasteiger partial charge in [0.15, 0.2) is 0 Å². The molecule has 0 bridgehead atoms. The van der Waals surface area contributed by atoms with Crippen molar-refractivity contribution in [1.29, 1.82) is 0 Å². The van der Waals surface area contributed by atoms with E-state index in [1.54, 1.807) is 7.11 Å². The molecule has 0 aliphatic rings. The normalized spacial score (nSPS) is 9.25. The zero-order chi connectivity index (χ0) is 14.0. The standard InChI is InChI=1S/C12H10.C7H8O/c1-3-7-11(8-4-1)12-9-5-2-6-10-12;1-8-7-5-3-2-4-6-7/h1-10H;2-6H,1H3. The van der Waals surface area contributed by atoms with E-state index in [4.69, 9.17) is 4.74 Å². The lowest BCUT2D eigenvalue weighted by Crippen LogP contribution is -1.78. The van der Waals surface area contributed by atoms with Crippen LogP contribution in [0.1, 0.15) is 0 Å². The van der Waals surface area contributed by atoms with E-state index >= 15 is 0 Å². The molecular formula is C19H18O. The topological polar surface area (TPSA) is 9.23 Å². The van der Waals surface area contributed by atoms with E-state index < -0.39 is 0 Å². The van der Waals surface area contributed by atoms with Crippen molar-refractivity contribution in [2.24, 2.45) is 0 Å². The molecule has 0 amide bonds. The smallest absolute Gasteiger partial charge is 0.118 e. The van der Waals surface area contributed by atoms with Crippen LogP contribution in [0.2, 0.25) is 0 Å². The van der Waals surface area contributed by atoms with Crippen molar-refractivity contribution in [1.82, 2.24) is 0 Å². The molecule has 0 saturated carbocycles. The van der Waals surface area contributed by atoms with E-state index in [0.717, 1.165) is 5.75 Å². The third kappa shape index (κ3) is 4.29. The molecule has 0 saturated heterocycles. The van der Waals surface area contributed by atoms with Crippen LogP contribution in [0, 0.1) is 0 Å². The van der Waals surface area contributed by atoms with Gasteiger partial charge in [-0.25, -0.2) is 0 Å². The lowest BCUT2D eigenvalue weighted by Gasteiger charge is -1.98. The molecular weight excluding hydrogens is 244 g/mol. The molecule has 3 rings (SSSR count). The highest BCUT2D eigenvalue weighted by Gasteiger charge is 1.91. The van der Waals surface area contributed by atoms with Crippen LogP contribution in [0.25, 0.3) is 11.1 Å². The molecule has 3 aromatic rings. The first-order valence-electron chi connectivity index (χ1n) is 6.59. The minimum absolute atomic E-state index is 0.910. The number of ether oxygens (including phenoxy) is 1. The monoisotopic (exact) mass is 262 g/mol. The molecule has 100 valence electrons. The van der Waals surface area contributed by atoms with E-state index in [2.05, 4.69) is 48.5 Å². The number of benzene rings is 3. The number of rotatable bonds is 2. The highest BCUT2D eigenvalue weighted by Crippen LogP contribution is 2.17. The van der Waals surface area contributed by atoms with Gasteiger partial charge in [0.05, 0.1) is 7.11 Å². The fraction of sp³-hybridized carbons (Fsp3) is 0.0526. The van der Waals surface area contributed by atoms with Gasteiger partial charge in [-0.15, -0.1) is 0 Å². The minimum atomic E-state index is 0.910. The Morgan fingerprint density at radius 1 is 0.500 bits per heavy atom. The molecule has 20 heavy (non-hydrogen) atoms. The molecule has 0 spiro atoms. The van der Waals surface area contributed by atoms with Crippen LogP contribution >= 0.6 is 0 Å². The van der Waals surface area contributed by atoms with E-state index in [9.17, 15) is 0 Å². The van der Waals surface area contributed by atoms with Gasteiger partial charge >= 0.3 is 0 Å². The summed E-state index contributed by atoms with van der Waals surface area (Å²) in [5.74, 6) is 0.910. The van der Waals surface area contributed by atoms with Gasteiger partial charge in [0.25, 0.3) is 0 Å². The fourth-order valence-corrected chi connectivity index (χ4v) is 1.82. The Bertz CT molecular complexity index is 551. The van der Waals surface area contributed by atoms with Crippen LogP contribution in [-0.2, 0) is 0 Å². The van der Waals surface area contributed by atoms with Crippen LogP contribution in [0.4, 0.5) is 0 Å². The summed E-state index contributed by atoms with van der Waals surface area (Å²) in [6, 6.07) is 30.5. The summed E-state index contributed by atoms with van der Waals surface area (Å²) in [5.41, 5.74) is 2.55. The summed E-state index contributed by atoms with van der Waals surface area (Å²) < 4.78 is 4.91. The first-order chi connectivity index (χ1) is 9.90. The van der Waals surface area contributed by atoms with Crippen molar-refractivity contribution >= 4 is 0 Å². The Morgan fingerprint density at radius 3 is 1.15 bits per heavy atom. The number of hydrogen-bond acceptors (Lipinski definition) is 1. The first kappa shape index (κ1) is 13.9. The van der Waals surface area contributed by atoms with Crippen molar-refractivity contribution in [3.05, 3.63) is 91.0 Å². The van der Waals surface area contributed by atoms with Gasteiger partial charge in [-0.1, -0.05) is 78.9 Å². The second kappa shape index (κ2) is 7.80. The summed E-state index contributed by atoms with van der Waals surface area (Å²) in [5, 5.41) is 0. The van der Waals surface area contributed by atoms with Crippen molar-refractivity contribution in [2.45, 2.75) is 0 Å². The van der Waals surface area contributed by atoms with Gasteiger partial charge in [0.2, 0.25) is 0 Å². The van der Waals surface area contributed by atoms with Crippen molar-refractivity contribution in [3.8, 4) is 16.9 Å². The molecule has 0 heterocycles. The lowest BCUT2D eigenvalue weighted by atomic mass is 10.1. The van der Waals surface area contributed by atoms with Crippen LogP contribution in [0.3, 0.4) is 0 Å². The Balaban J connectivity index is 0.000000160. The maximum Gasteiger partial charge on any atom is 0.118 e. The zero-order valence-electron chi connectivity index (χ0n) is 11.6. The van der Waals surface area contributed by atoms with Crippen molar-refractivity contribution in [3.63, 3.8) is 0 Å². The third-order valence-corrected chi connectivity index (χ3v) is 2.86. The van der Waals surface area contributed by atoms with Gasteiger partial charge in [-0.3, -0.25) is 0 Å².